The summed E-state index contributed by atoms with van der Waals surface area (Å²) in [5.74, 6) is -0.705. The average Bonchev–Trinajstić information content (AvgIpc) is 3.31. The van der Waals surface area contributed by atoms with Gasteiger partial charge in [-0.05, 0) is 51.0 Å². The van der Waals surface area contributed by atoms with Crippen molar-refractivity contribution in [2.45, 2.75) is 33.6 Å². The van der Waals surface area contributed by atoms with Crippen LogP contribution in [0.15, 0.2) is 83.5 Å². The molecular formula is C26H27N5O2. The van der Waals surface area contributed by atoms with E-state index in [1.807, 2.05) is 76.2 Å². The zero-order chi connectivity index (χ0) is 23.5. The largest absolute Gasteiger partial charge is 0.362 e. The van der Waals surface area contributed by atoms with E-state index in [1.165, 1.54) is 0 Å². The van der Waals surface area contributed by atoms with Gasteiger partial charge in [0.25, 0.3) is 11.8 Å². The molecular weight excluding hydrogens is 414 g/mol. The number of amides is 2. The monoisotopic (exact) mass is 441 g/mol. The number of aryl methyl sites for hydroxylation is 2. The molecule has 0 unspecified atom stereocenters. The molecule has 1 aromatic heterocycles. The Balaban J connectivity index is 1.73. The molecule has 0 atom stereocenters. The van der Waals surface area contributed by atoms with Crippen molar-refractivity contribution in [2.75, 3.05) is 10.6 Å². The molecule has 1 aliphatic rings. The number of nitrogens with one attached hydrogen (secondary N) is 4. The third-order valence-electron chi connectivity index (χ3n) is 5.83. The summed E-state index contributed by atoms with van der Waals surface area (Å²) in [6.07, 6.45) is 3.31. The second-order valence-corrected chi connectivity index (χ2v) is 8.15. The van der Waals surface area contributed by atoms with E-state index in [2.05, 4.69) is 25.9 Å². The standard InChI is InChI=1S/C26H27N5O2/c1-15-9-5-7-11-19(15)30-25(32)21-17(3)29-18(4)22(23(21)24-27-13-14-28-24)26(33)31-20-12-8-6-10-16(20)2/h5-14,23,29H,1-4H3,(H,27,28)(H,30,32)(H,31,33). The summed E-state index contributed by atoms with van der Waals surface area (Å²) in [5.41, 5.74) is 5.57. The van der Waals surface area contributed by atoms with Crippen LogP contribution >= 0.6 is 0 Å². The minimum absolute atomic E-state index is 0.288. The molecule has 0 fully saturated rings. The topological polar surface area (TPSA) is 98.9 Å². The van der Waals surface area contributed by atoms with Gasteiger partial charge in [-0.3, -0.25) is 9.59 Å². The van der Waals surface area contributed by atoms with Crippen LogP contribution in [0.25, 0.3) is 0 Å². The lowest BCUT2D eigenvalue weighted by Crippen LogP contribution is -2.35. The molecule has 0 radical (unpaired) electrons. The van der Waals surface area contributed by atoms with Crippen LogP contribution in [-0.2, 0) is 9.59 Å². The summed E-state index contributed by atoms with van der Waals surface area (Å²) in [5, 5.41) is 9.24. The molecule has 4 N–H and O–H groups in total. The highest BCUT2D eigenvalue weighted by Gasteiger charge is 2.38. The van der Waals surface area contributed by atoms with E-state index in [9.17, 15) is 9.59 Å². The van der Waals surface area contributed by atoms with Crippen LogP contribution in [0.5, 0.6) is 0 Å². The fraction of sp³-hybridized carbons (Fsp3) is 0.192. The maximum atomic E-state index is 13.5. The Morgan fingerprint density at radius 3 is 1.70 bits per heavy atom. The number of allylic oxidation sites excluding steroid dienone is 2. The second kappa shape index (κ2) is 9.16. The normalized spacial score (nSPS) is 14.2. The SMILES string of the molecule is CC1=C(C(=O)Nc2ccccc2C)C(c2ncc[nH]2)C(C(=O)Nc2ccccc2C)=C(C)N1. The van der Waals surface area contributed by atoms with Crippen LogP contribution in [0, 0.1) is 13.8 Å². The Morgan fingerprint density at radius 2 is 1.27 bits per heavy atom. The first-order valence-corrected chi connectivity index (χ1v) is 10.8. The summed E-state index contributed by atoms with van der Waals surface area (Å²) >= 11 is 0. The highest BCUT2D eigenvalue weighted by Crippen LogP contribution is 2.38. The summed E-state index contributed by atoms with van der Waals surface area (Å²) in [7, 11) is 0. The third kappa shape index (κ3) is 4.43. The first-order chi connectivity index (χ1) is 15.9. The number of imidazole rings is 1. The highest BCUT2D eigenvalue weighted by atomic mass is 16.2. The van der Waals surface area contributed by atoms with Gasteiger partial charge in [-0.25, -0.2) is 4.98 Å². The summed E-state index contributed by atoms with van der Waals surface area (Å²) in [6.45, 7) is 7.54. The van der Waals surface area contributed by atoms with Crippen molar-refractivity contribution in [3.8, 4) is 0 Å². The summed E-state index contributed by atoms with van der Waals surface area (Å²) < 4.78 is 0. The molecule has 4 rings (SSSR count). The minimum Gasteiger partial charge on any atom is -0.362 e. The molecule has 7 nitrogen and oxygen atoms in total. The van der Waals surface area contributed by atoms with Gasteiger partial charge in [-0.1, -0.05) is 36.4 Å². The second-order valence-electron chi connectivity index (χ2n) is 8.15. The minimum atomic E-state index is -0.658. The van der Waals surface area contributed by atoms with E-state index in [-0.39, 0.29) is 11.8 Å². The summed E-state index contributed by atoms with van der Waals surface area (Å²) in [4.78, 5) is 34.5. The number of benzene rings is 2. The molecule has 168 valence electrons. The number of hydrogen-bond acceptors (Lipinski definition) is 4. The average molecular weight is 442 g/mol. The molecule has 0 spiro atoms. The predicted octanol–water partition coefficient (Wildman–Crippen LogP) is 4.54. The predicted molar refractivity (Wildman–Crippen MR) is 129 cm³/mol. The van der Waals surface area contributed by atoms with Crippen molar-refractivity contribution in [1.29, 1.82) is 0 Å². The number of rotatable bonds is 5. The van der Waals surface area contributed by atoms with E-state index in [0.717, 1.165) is 22.5 Å². The van der Waals surface area contributed by atoms with E-state index in [0.29, 0.717) is 28.4 Å². The number of aromatic amines is 1. The van der Waals surface area contributed by atoms with Gasteiger partial charge in [-0.2, -0.15) is 0 Å². The maximum Gasteiger partial charge on any atom is 0.254 e. The molecule has 2 heterocycles. The lowest BCUT2D eigenvalue weighted by molar-refractivity contribution is -0.113. The molecule has 33 heavy (non-hydrogen) atoms. The molecule has 7 heteroatoms. The third-order valence-corrected chi connectivity index (χ3v) is 5.83. The Bertz CT molecular complexity index is 1190. The first kappa shape index (κ1) is 22.1. The van der Waals surface area contributed by atoms with E-state index < -0.39 is 5.92 Å². The van der Waals surface area contributed by atoms with Crippen LogP contribution in [0.3, 0.4) is 0 Å². The number of nitrogens with zero attached hydrogens (tertiary/aromatic N) is 1. The van der Waals surface area contributed by atoms with Gasteiger partial charge < -0.3 is 20.9 Å². The number of para-hydroxylation sites is 2. The number of anilines is 2. The van der Waals surface area contributed by atoms with Crippen molar-refractivity contribution in [1.82, 2.24) is 15.3 Å². The van der Waals surface area contributed by atoms with Crippen LogP contribution in [0.2, 0.25) is 0 Å². The Hall–Kier alpha value is -4.13. The van der Waals surface area contributed by atoms with Crippen LogP contribution < -0.4 is 16.0 Å². The number of dihydropyridines is 1. The van der Waals surface area contributed by atoms with Crippen molar-refractivity contribution < 1.29 is 9.59 Å². The van der Waals surface area contributed by atoms with Gasteiger partial charge in [0, 0.05) is 35.2 Å². The van der Waals surface area contributed by atoms with Crippen molar-refractivity contribution in [3.63, 3.8) is 0 Å². The fourth-order valence-corrected chi connectivity index (χ4v) is 4.11. The highest BCUT2D eigenvalue weighted by molar-refractivity contribution is 6.12. The van der Waals surface area contributed by atoms with E-state index >= 15 is 0 Å². The van der Waals surface area contributed by atoms with Gasteiger partial charge in [0.1, 0.15) is 5.82 Å². The molecule has 2 amide bonds. The number of hydrogen-bond donors (Lipinski definition) is 4. The summed E-state index contributed by atoms with van der Waals surface area (Å²) in [6, 6.07) is 15.2. The Kier molecular flexibility index (Phi) is 6.13. The number of carbonyl (C=O) groups excluding carboxylic acids is 2. The van der Waals surface area contributed by atoms with Crippen molar-refractivity contribution in [3.05, 3.63) is 100 Å². The van der Waals surface area contributed by atoms with E-state index in [4.69, 9.17) is 0 Å². The zero-order valence-electron chi connectivity index (χ0n) is 19.1. The molecule has 1 aliphatic heterocycles. The van der Waals surface area contributed by atoms with Crippen LogP contribution in [-0.4, -0.2) is 21.8 Å². The van der Waals surface area contributed by atoms with Crippen LogP contribution in [0.4, 0.5) is 11.4 Å². The Morgan fingerprint density at radius 1 is 0.788 bits per heavy atom. The van der Waals surface area contributed by atoms with Crippen molar-refractivity contribution >= 4 is 23.2 Å². The lowest BCUT2D eigenvalue weighted by atomic mass is 9.83. The maximum absolute atomic E-state index is 13.5. The van der Waals surface area contributed by atoms with Gasteiger partial charge in [-0.15, -0.1) is 0 Å². The van der Waals surface area contributed by atoms with Crippen LogP contribution in [0.1, 0.15) is 36.7 Å². The molecule has 3 aromatic rings. The van der Waals surface area contributed by atoms with Gasteiger partial charge in [0.15, 0.2) is 0 Å². The molecule has 2 aromatic carbocycles. The van der Waals surface area contributed by atoms with Gasteiger partial charge in [0.05, 0.1) is 17.1 Å². The lowest BCUT2D eigenvalue weighted by Gasteiger charge is -2.30. The first-order valence-electron chi connectivity index (χ1n) is 10.8. The number of aromatic nitrogens is 2. The molecule has 0 bridgehead atoms. The smallest absolute Gasteiger partial charge is 0.254 e. The van der Waals surface area contributed by atoms with Gasteiger partial charge in [0.2, 0.25) is 0 Å². The van der Waals surface area contributed by atoms with Crippen molar-refractivity contribution in [2.24, 2.45) is 0 Å². The Labute approximate surface area is 193 Å². The molecule has 0 saturated heterocycles. The number of carbonyl (C=O) groups is 2. The van der Waals surface area contributed by atoms with Gasteiger partial charge >= 0.3 is 0 Å². The zero-order valence-corrected chi connectivity index (χ0v) is 19.1. The number of H-pyrrole nitrogens is 1. The molecule has 0 saturated carbocycles. The molecule has 0 aliphatic carbocycles. The quantitative estimate of drug-likeness (QED) is 0.467. The van der Waals surface area contributed by atoms with E-state index in [1.54, 1.807) is 12.4 Å². The fourth-order valence-electron chi connectivity index (χ4n) is 4.11.